The maximum absolute atomic E-state index is 12.9. The van der Waals surface area contributed by atoms with E-state index >= 15 is 0 Å². The molecule has 0 aromatic heterocycles. The number of hydrogen-bond acceptors (Lipinski definition) is 4. The van der Waals surface area contributed by atoms with Gasteiger partial charge in [-0.05, 0) is 23.6 Å². The number of rotatable bonds is 8. The molecule has 0 saturated carbocycles. The number of aliphatic carboxylic acids is 1. The van der Waals surface area contributed by atoms with E-state index < -0.39 is 39.8 Å². The molecule has 0 aliphatic rings. The van der Waals surface area contributed by atoms with E-state index in [0.717, 1.165) is 4.90 Å². The molecule has 6 nitrogen and oxygen atoms in total. The molecule has 0 bridgehead atoms. The van der Waals surface area contributed by atoms with Crippen molar-refractivity contribution >= 4 is 21.7 Å². The molecule has 0 aliphatic heterocycles. The highest BCUT2D eigenvalue weighted by Crippen LogP contribution is 2.09. The number of carboxylic acid groups (broad SMARTS) is 1. The minimum atomic E-state index is -3.60. The molecule has 1 rings (SSSR count). The highest BCUT2D eigenvalue weighted by molar-refractivity contribution is 7.92. The summed E-state index contributed by atoms with van der Waals surface area (Å²) in [5, 5.41) is 8.90. The van der Waals surface area contributed by atoms with E-state index in [0.29, 0.717) is 5.56 Å². The van der Waals surface area contributed by atoms with E-state index in [-0.39, 0.29) is 18.2 Å². The molecule has 8 heteroatoms. The number of nitrogens with zero attached hydrogens (tertiary/aromatic N) is 1. The SMILES string of the molecule is CC(C)CS(=O)(=O)CC(=O)N(CC(=O)O)Cc1ccc(F)cc1. The topological polar surface area (TPSA) is 91.8 Å². The fraction of sp³-hybridized carbons (Fsp3) is 0.467. The number of sulfone groups is 1. The number of carbonyl (C=O) groups is 2. The molecule has 0 atom stereocenters. The van der Waals surface area contributed by atoms with Crippen LogP contribution < -0.4 is 0 Å². The lowest BCUT2D eigenvalue weighted by Gasteiger charge is -2.21. The number of amides is 1. The molecule has 23 heavy (non-hydrogen) atoms. The third kappa shape index (κ3) is 7.23. The van der Waals surface area contributed by atoms with E-state index in [2.05, 4.69) is 0 Å². The zero-order chi connectivity index (χ0) is 17.6. The normalized spacial score (nSPS) is 11.5. The Labute approximate surface area is 134 Å². The molecule has 0 unspecified atom stereocenters. The van der Waals surface area contributed by atoms with Crippen LogP contribution in [-0.4, -0.2) is 48.4 Å². The second-order valence-corrected chi connectivity index (χ2v) is 7.83. The molecule has 128 valence electrons. The van der Waals surface area contributed by atoms with Crippen LogP contribution in [0.3, 0.4) is 0 Å². The van der Waals surface area contributed by atoms with Crippen molar-refractivity contribution in [3.63, 3.8) is 0 Å². The van der Waals surface area contributed by atoms with Gasteiger partial charge in [0.05, 0.1) is 5.75 Å². The van der Waals surface area contributed by atoms with Gasteiger partial charge in [0.15, 0.2) is 9.84 Å². The smallest absolute Gasteiger partial charge is 0.323 e. The van der Waals surface area contributed by atoms with Gasteiger partial charge in [-0.25, -0.2) is 12.8 Å². The summed E-state index contributed by atoms with van der Waals surface area (Å²) in [6.45, 7) is 2.72. The van der Waals surface area contributed by atoms with Gasteiger partial charge in [-0.3, -0.25) is 9.59 Å². The number of benzene rings is 1. The Kier molecular flexibility index (Phi) is 6.68. The lowest BCUT2D eigenvalue weighted by Crippen LogP contribution is -2.39. The van der Waals surface area contributed by atoms with Gasteiger partial charge in [-0.15, -0.1) is 0 Å². The van der Waals surface area contributed by atoms with Crippen LogP contribution in [0.1, 0.15) is 19.4 Å². The monoisotopic (exact) mass is 345 g/mol. The van der Waals surface area contributed by atoms with Gasteiger partial charge in [0, 0.05) is 6.54 Å². The summed E-state index contributed by atoms with van der Waals surface area (Å²) in [6, 6.07) is 5.21. The first-order valence-corrected chi connectivity index (χ1v) is 8.85. The van der Waals surface area contributed by atoms with E-state index in [4.69, 9.17) is 5.11 Å². The van der Waals surface area contributed by atoms with Crippen molar-refractivity contribution in [2.75, 3.05) is 18.1 Å². The first-order valence-electron chi connectivity index (χ1n) is 7.03. The summed E-state index contributed by atoms with van der Waals surface area (Å²) in [4.78, 5) is 24.0. The molecule has 1 aromatic carbocycles. The lowest BCUT2D eigenvalue weighted by atomic mass is 10.2. The van der Waals surface area contributed by atoms with Crippen LogP contribution >= 0.6 is 0 Å². The Balaban J connectivity index is 2.86. The molecule has 0 spiro atoms. The second kappa shape index (κ2) is 8.05. The third-order valence-electron chi connectivity index (χ3n) is 2.90. The van der Waals surface area contributed by atoms with Crippen LogP contribution in [0.15, 0.2) is 24.3 Å². The van der Waals surface area contributed by atoms with Crippen molar-refractivity contribution in [1.82, 2.24) is 4.90 Å². The molecule has 1 N–H and O–H groups in total. The average molecular weight is 345 g/mol. The van der Waals surface area contributed by atoms with Gasteiger partial charge in [0.25, 0.3) is 0 Å². The van der Waals surface area contributed by atoms with E-state index in [9.17, 15) is 22.4 Å². The number of halogens is 1. The molecule has 1 amide bonds. The first kappa shape index (κ1) is 19.1. The van der Waals surface area contributed by atoms with Crippen molar-refractivity contribution in [2.24, 2.45) is 5.92 Å². The summed E-state index contributed by atoms with van der Waals surface area (Å²) in [7, 11) is -3.60. The zero-order valence-corrected chi connectivity index (χ0v) is 13.8. The van der Waals surface area contributed by atoms with E-state index in [1.807, 2.05) is 0 Å². The molecular formula is C15H20FNO5S. The number of carbonyl (C=O) groups excluding carboxylic acids is 1. The zero-order valence-electron chi connectivity index (χ0n) is 13.0. The van der Waals surface area contributed by atoms with Crippen LogP contribution in [0.4, 0.5) is 4.39 Å². The molecule has 0 saturated heterocycles. The molecule has 0 fully saturated rings. The van der Waals surface area contributed by atoms with Gasteiger partial charge >= 0.3 is 5.97 Å². The Morgan fingerprint density at radius 3 is 2.26 bits per heavy atom. The summed E-state index contributed by atoms with van der Waals surface area (Å²) in [5.41, 5.74) is 0.516. The Hall–Kier alpha value is -1.96. The van der Waals surface area contributed by atoms with Crippen LogP contribution in [0.2, 0.25) is 0 Å². The van der Waals surface area contributed by atoms with Gasteiger partial charge in [0.2, 0.25) is 5.91 Å². The summed E-state index contributed by atoms with van der Waals surface area (Å²) < 4.78 is 36.7. The predicted octanol–water partition coefficient (Wildman–Crippen LogP) is 1.31. The maximum atomic E-state index is 12.9. The minimum absolute atomic E-state index is 0.0946. The quantitative estimate of drug-likeness (QED) is 0.767. The Bertz CT molecular complexity index is 655. The lowest BCUT2D eigenvalue weighted by molar-refractivity contribution is -0.143. The van der Waals surface area contributed by atoms with Gasteiger partial charge in [-0.1, -0.05) is 26.0 Å². The van der Waals surface area contributed by atoms with Crippen molar-refractivity contribution < 1.29 is 27.5 Å². The standard InChI is InChI=1S/C15H20FNO5S/c1-11(2)9-23(21,22)10-14(18)17(8-15(19)20)7-12-3-5-13(16)6-4-12/h3-6,11H,7-10H2,1-2H3,(H,19,20). The van der Waals surface area contributed by atoms with Gasteiger partial charge in [0.1, 0.15) is 18.1 Å². The molecule has 0 heterocycles. The summed E-state index contributed by atoms with van der Waals surface area (Å²) in [5.74, 6) is -3.49. The fourth-order valence-electron chi connectivity index (χ4n) is 2.05. The van der Waals surface area contributed by atoms with Crippen LogP contribution in [-0.2, 0) is 26.0 Å². The molecule has 0 radical (unpaired) electrons. The summed E-state index contributed by atoms with van der Waals surface area (Å²) in [6.07, 6.45) is 0. The second-order valence-electron chi connectivity index (χ2n) is 5.72. The Morgan fingerprint density at radius 1 is 1.22 bits per heavy atom. The van der Waals surface area contributed by atoms with Crippen molar-refractivity contribution in [2.45, 2.75) is 20.4 Å². The maximum Gasteiger partial charge on any atom is 0.323 e. The van der Waals surface area contributed by atoms with Crippen molar-refractivity contribution in [1.29, 1.82) is 0 Å². The predicted molar refractivity (Wildman–Crippen MR) is 82.9 cm³/mol. The fourth-order valence-corrected chi connectivity index (χ4v) is 3.74. The van der Waals surface area contributed by atoms with Crippen molar-refractivity contribution in [3.05, 3.63) is 35.6 Å². The van der Waals surface area contributed by atoms with E-state index in [1.165, 1.54) is 24.3 Å². The van der Waals surface area contributed by atoms with Gasteiger partial charge in [-0.2, -0.15) is 0 Å². The van der Waals surface area contributed by atoms with Crippen molar-refractivity contribution in [3.8, 4) is 0 Å². The highest BCUT2D eigenvalue weighted by Gasteiger charge is 2.24. The number of carboxylic acids is 1. The number of hydrogen-bond donors (Lipinski definition) is 1. The average Bonchev–Trinajstić information content (AvgIpc) is 2.37. The molecular weight excluding hydrogens is 325 g/mol. The minimum Gasteiger partial charge on any atom is -0.480 e. The van der Waals surface area contributed by atoms with Crippen LogP contribution in [0, 0.1) is 11.7 Å². The largest absolute Gasteiger partial charge is 0.480 e. The molecule has 1 aromatic rings. The van der Waals surface area contributed by atoms with E-state index in [1.54, 1.807) is 13.8 Å². The molecule has 0 aliphatic carbocycles. The van der Waals surface area contributed by atoms with Crippen LogP contribution in [0.25, 0.3) is 0 Å². The summed E-state index contributed by atoms with van der Waals surface area (Å²) >= 11 is 0. The first-order chi connectivity index (χ1) is 10.6. The highest BCUT2D eigenvalue weighted by atomic mass is 32.2. The van der Waals surface area contributed by atoms with Crippen LogP contribution in [0.5, 0.6) is 0 Å². The third-order valence-corrected chi connectivity index (χ3v) is 4.76. The Morgan fingerprint density at radius 2 is 1.78 bits per heavy atom. The van der Waals surface area contributed by atoms with Gasteiger partial charge < -0.3 is 10.0 Å².